The topological polar surface area (TPSA) is 67.5 Å². The first kappa shape index (κ1) is 11.3. The van der Waals surface area contributed by atoms with Gasteiger partial charge < -0.3 is 5.11 Å². The number of hydrogen-bond donors (Lipinski definition) is 1. The lowest BCUT2D eigenvalue weighted by atomic mass is 10.2. The SMILES string of the molecule is O=C(O)c1c(-c2cccnc2)nc2c(F)cccn12. The van der Waals surface area contributed by atoms with E-state index in [0.29, 0.717) is 5.56 Å². The lowest BCUT2D eigenvalue weighted by Crippen LogP contribution is -2.03. The Bertz CT molecular complexity index is 768. The largest absolute Gasteiger partial charge is 0.476 e. The van der Waals surface area contributed by atoms with Crippen LogP contribution in [0.5, 0.6) is 0 Å². The normalized spacial score (nSPS) is 10.8. The molecule has 0 radical (unpaired) electrons. The Morgan fingerprint density at radius 2 is 2.16 bits per heavy atom. The average molecular weight is 257 g/mol. The molecule has 0 saturated heterocycles. The van der Waals surface area contributed by atoms with Gasteiger partial charge in [-0.15, -0.1) is 0 Å². The summed E-state index contributed by atoms with van der Waals surface area (Å²) in [5, 5.41) is 9.30. The summed E-state index contributed by atoms with van der Waals surface area (Å²) in [5.74, 6) is -1.74. The predicted molar refractivity (Wildman–Crippen MR) is 65.3 cm³/mol. The Kier molecular flexibility index (Phi) is 2.49. The van der Waals surface area contributed by atoms with Crippen LogP contribution in [0.2, 0.25) is 0 Å². The average Bonchev–Trinajstić information content (AvgIpc) is 2.81. The van der Waals surface area contributed by atoms with Crippen molar-refractivity contribution >= 4 is 11.6 Å². The summed E-state index contributed by atoms with van der Waals surface area (Å²) in [6.45, 7) is 0. The minimum absolute atomic E-state index is 0.0150. The fourth-order valence-corrected chi connectivity index (χ4v) is 1.94. The van der Waals surface area contributed by atoms with Gasteiger partial charge in [-0.05, 0) is 24.3 Å². The van der Waals surface area contributed by atoms with Crippen molar-refractivity contribution in [2.75, 3.05) is 0 Å². The van der Waals surface area contributed by atoms with Gasteiger partial charge in [0.05, 0.1) is 0 Å². The Morgan fingerprint density at radius 1 is 1.32 bits per heavy atom. The molecule has 0 atom stereocenters. The second kappa shape index (κ2) is 4.16. The zero-order valence-electron chi connectivity index (χ0n) is 9.62. The van der Waals surface area contributed by atoms with Crippen LogP contribution in [0.15, 0.2) is 42.9 Å². The van der Waals surface area contributed by atoms with Gasteiger partial charge in [0.2, 0.25) is 0 Å². The molecule has 0 aromatic carbocycles. The number of hydrogen-bond acceptors (Lipinski definition) is 3. The van der Waals surface area contributed by atoms with Crippen LogP contribution in [-0.4, -0.2) is 25.4 Å². The van der Waals surface area contributed by atoms with E-state index in [1.54, 1.807) is 18.3 Å². The van der Waals surface area contributed by atoms with E-state index >= 15 is 0 Å². The molecular formula is C13H8FN3O2. The van der Waals surface area contributed by atoms with Crippen LogP contribution in [0, 0.1) is 5.82 Å². The van der Waals surface area contributed by atoms with Crippen LogP contribution < -0.4 is 0 Å². The summed E-state index contributed by atoms with van der Waals surface area (Å²) in [5.41, 5.74) is 0.634. The summed E-state index contributed by atoms with van der Waals surface area (Å²) >= 11 is 0. The number of carbonyl (C=O) groups is 1. The van der Waals surface area contributed by atoms with Gasteiger partial charge >= 0.3 is 5.97 Å². The van der Waals surface area contributed by atoms with Gasteiger partial charge in [0.25, 0.3) is 0 Å². The molecule has 3 heterocycles. The lowest BCUT2D eigenvalue weighted by Gasteiger charge is -1.99. The third-order valence-corrected chi connectivity index (χ3v) is 2.74. The highest BCUT2D eigenvalue weighted by Crippen LogP contribution is 2.24. The third-order valence-electron chi connectivity index (χ3n) is 2.74. The van der Waals surface area contributed by atoms with Gasteiger partial charge in [0.1, 0.15) is 5.69 Å². The van der Waals surface area contributed by atoms with Crippen LogP contribution >= 0.6 is 0 Å². The number of imidazole rings is 1. The van der Waals surface area contributed by atoms with Crippen LogP contribution in [0.4, 0.5) is 4.39 Å². The summed E-state index contributed by atoms with van der Waals surface area (Å²) in [4.78, 5) is 19.4. The van der Waals surface area contributed by atoms with Crippen LogP contribution in [0.25, 0.3) is 16.9 Å². The lowest BCUT2D eigenvalue weighted by molar-refractivity contribution is 0.0690. The number of carboxylic acid groups (broad SMARTS) is 1. The highest BCUT2D eigenvalue weighted by molar-refractivity contribution is 5.94. The van der Waals surface area contributed by atoms with E-state index in [1.807, 2.05) is 0 Å². The van der Waals surface area contributed by atoms with Crippen molar-refractivity contribution in [3.8, 4) is 11.3 Å². The molecule has 0 unspecified atom stereocenters. The molecule has 0 bridgehead atoms. The van der Waals surface area contributed by atoms with Crippen molar-refractivity contribution in [3.63, 3.8) is 0 Å². The van der Waals surface area contributed by atoms with E-state index in [4.69, 9.17) is 0 Å². The number of aromatic carboxylic acids is 1. The predicted octanol–water partition coefficient (Wildman–Crippen LogP) is 2.23. The van der Waals surface area contributed by atoms with E-state index in [-0.39, 0.29) is 17.0 Å². The first-order chi connectivity index (χ1) is 9.18. The number of rotatable bonds is 2. The quantitative estimate of drug-likeness (QED) is 0.764. The van der Waals surface area contributed by atoms with E-state index in [0.717, 1.165) is 0 Å². The molecule has 0 spiro atoms. The number of pyridine rings is 2. The highest BCUT2D eigenvalue weighted by atomic mass is 19.1. The molecule has 1 N–H and O–H groups in total. The van der Waals surface area contributed by atoms with Gasteiger partial charge in [0.15, 0.2) is 17.2 Å². The standard InChI is InChI=1S/C13H8FN3O2/c14-9-4-2-6-17-11(13(18)19)10(16-12(9)17)8-3-1-5-15-7-8/h1-7H,(H,18,19). The maximum Gasteiger partial charge on any atom is 0.355 e. The molecule has 0 saturated carbocycles. The Hall–Kier alpha value is -2.76. The molecule has 3 rings (SSSR count). The number of carboxylic acids is 1. The zero-order valence-corrected chi connectivity index (χ0v) is 9.62. The molecule has 0 aliphatic carbocycles. The van der Waals surface area contributed by atoms with Crippen LogP contribution in [0.3, 0.4) is 0 Å². The van der Waals surface area contributed by atoms with Crippen molar-refractivity contribution in [2.45, 2.75) is 0 Å². The van der Waals surface area contributed by atoms with Crippen molar-refractivity contribution in [3.05, 3.63) is 54.4 Å². The van der Waals surface area contributed by atoms with E-state index < -0.39 is 11.8 Å². The van der Waals surface area contributed by atoms with Gasteiger partial charge in [0, 0.05) is 24.2 Å². The first-order valence-electron chi connectivity index (χ1n) is 5.49. The maximum atomic E-state index is 13.7. The van der Waals surface area contributed by atoms with Gasteiger partial charge in [-0.1, -0.05) is 0 Å². The number of nitrogens with zero attached hydrogens (tertiary/aromatic N) is 3. The molecule has 19 heavy (non-hydrogen) atoms. The highest BCUT2D eigenvalue weighted by Gasteiger charge is 2.21. The molecule has 0 amide bonds. The van der Waals surface area contributed by atoms with Gasteiger partial charge in [-0.2, -0.15) is 0 Å². The minimum Gasteiger partial charge on any atom is -0.476 e. The zero-order chi connectivity index (χ0) is 13.4. The molecule has 3 aromatic rings. The Labute approximate surface area is 107 Å². The molecule has 6 heteroatoms. The Morgan fingerprint density at radius 3 is 2.84 bits per heavy atom. The fraction of sp³-hybridized carbons (Fsp3) is 0. The molecule has 3 aromatic heterocycles. The second-order valence-electron chi connectivity index (χ2n) is 3.91. The van der Waals surface area contributed by atoms with Crippen molar-refractivity contribution in [2.24, 2.45) is 0 Å². The number of fused-ring (bicyclic) bond motifs is 1. The first-order valence-corrected chi connectivity index (χ1v) is 5.49. The van der Waals surface area contributed by atoms with E-state index in [9.17, 15) is 14.3 Å². The number of aromatic nitrogens is 3. The molecule has 0 aliphatic rings. The monoisotopic (exact) mass is 257 g/mol. The van der Waals surface area contributed by atoms with E-state index in [1.165, 1.54) is 28.9 Å². The molecule has 0 aliphatic heterocycles. The molecule has 5 nitrogen and oxygen atoms in total. The molecular weight excluding hydrogens is 249 g/mol. The molecule has 94 valence electrons. The maximum absolute atomic E-state index is 13.7. The summed E-state index contributed by atoms with van der Waals surface area (Å²) < 4.78 is 14.9. The summed E-state index contributed by atoms with van der Waals surface area (Å²) in [6.07, 6.45) is 4.53. The third kappa shape index (κ3) is 1.74. The van der Waals surface area contributed by atoms with Crippen molar-refractivity contribution < 1.29 is 14.3 Å². The van der Waals surface area contributed by atoms with Crippen molar-refractivity contribution in [1.29, 1.82) is 0 Å². The van der Waals surface area contributed by atoms with Crippen molar-refractivity contribution in [1.82, 2.24) is 14.4 Å². The van der Waals surface area contributed by atoms with Crippen LogP contribution in [-0.2, 0) is 0 Å². The van der Waals surface area contributed by atoms with Gasteiger partial charge in [-0.3, -0.25) is 9.38 Å². The smallest absolute Gasteiger partial charge is 0.355 e. The van der Waals surface area contributed by atoms with Crippen LogP contribution in [0.1, 0.15) is 10.5 Å². The second-order valence-corrected chi connectivity index (χ2v) is 3.91. The Balaban J connectivity index is 2.39. The van der Waals surface area contributed by atoms with E-state index in [2.05, 4.69) is 9.97 Å². The van der Waals surface area contributed by atoms with Gasteiger partial charge in [-0.25, -0.2) is 14.2 Å². The number of halogens is 1. The minimum atomic E-state index is -1.17. The summed E-state index contributed by atoms with van der Waals surface area (Å²) in [7, 11) is 0. The fourth-order valence-electron chi connectivity index (χ4n) is 1.94. The summed E-state index contributed by atoms with van der Waals surface area (Å²) in [6, 6.07) is 6.02. The molecule has 0 fully saturated rings.